The summed E-state index contributed by atoms with van der Waals surface area (Å²) in [7, 11) is 0. The minimum absolute atomic E-state index is 0.115. The van der Waals surface area contributed by atoms with Gasteiger partial charge in [0.05, 0.1) is 4.92 Å². The van der Waals surface area contributed by atoms with Crippen molar-refractivity contribution in [2.24, 2.45) is 0 Å². The van der Waals surface area contributed by atoms with Crippen LogP contribution in [0.5, 0.6) is 0 Å². The number of benzene rings is 1. The van der Waals surface area contributed by atoms with Gasteiger partial charge in [0.2, 0.25) is 5.91 Å². The van der Waals surface area contributed by atoms with Crippen LogP contribution in [-0.2, 0) is 4.79 Å². The van der Waals surface area contributed by atoms with E-state index in [4.69, 9.17) is 0 Å². The van der Waals surface area contributed by atoms with Crippen LogP contribution in [0.1, 0.15) is 6.92 Å². The maximum absolute atomic E-state index is 11.2. The number of nitro benzene ring substituents is 1. The number of amides is 1. The number of para-hydroxylation sites is 2. The SMILES string of the molecule is CC=CC(=O)Nc1ccccc1[N+](=O)[O-]. The molecule has 1 rings (SSSR count). The van der Waals surface area contributed by atoms with E-state index in [1.165, 1.54) is 18.2 Å². The van der Waals surface area contributed by atoms with E-state index in [1.54, 1.807) is 25.1 Å². The molecule has 0 radical (unpaired) electrons. The Balaban J connectivity index is 2.94. The molecular weight excluding hydrogens is 196 g/mol. The first-order valence-electron chi connectivity index (χ1n) is 4.32. The molecule has 0 saturated heterocycles. The molecule has 78 valence electrons. The van der Waals surface area contributed by atoms with Crippen LogP contribution in [0.3, 0.4) is 0 Å². The molecule has 0 unspecified atom stereocenters. The van der Waals surface area contributed by atoms with E-state index in [-0.39, 0.29) is 17.3 Å². The number of hydrogen-bond donors (Lipinski definition) is 1. The molecule has 1 amide bonds. The minimum Gasteiger partial charge on any atom is -0.317 e. The number of nitrogens with one attached hydrogen (secondary N) is 1. The first-order valence-corrected chi connectivity index (χ1v) is 4.32. The third-order valence-corrected chi connectivity index (χ3v) is 1.68. The Morgan fingerprint density at radius 2 is 2.13 bits per heavy atom. The summed E-state index contributed by atoms with van der Waals surface area (Å²) in [5.41, 5.74) is 0.0842. The monoisotopic (exact) mass is 206 g/mol. The molecule has 1 aromatic carbocycles. The highest BCUT2D eigenvalue weighted by Gasteiger charge is 2.12. The fourth-order valence-corrected chi connectivity index (χ4v) is 1.06. The van der Waals surface area contributed by atoms with Crippen LogP contribution in [0.15, 0.2) is 36.4 Å². The molecule has 0 aliphatic heterocycles. The maximum Gasteiger partial charge on any atom is 0.292 e. The quantitative estimate of drug-likeness (QED) is 0.467. The van der Waals surface area contributed by atoms with Gasteiger partial charge in [0.25, 0.3) is 5.69 Å². The zero-order valence-electron chi connectivity index (χ0n) is 8.14. The third kappa shape index (κ3) is 2.91. The van der Waals surface area contributed by atoms with Gasteiger partial charge >= 0.3 is 0 Å². The van der Waals surface area contributed by atoms with Gasteiger partial charge in [-0.2, -0.15) is 0 Å². The van der Waals surface area contributed by atoms with Crippen molar-refractivity contribution in [3.8, 4) is 0 Å². The van der Waals surface area contributed by atoms with E-state index in [0.717, 1.165) is 0 Å². The van der Waals surface area contributed by atoms with Gasteiger partial charge in [-0.3, -0.25) is 14.9 Å². The lowest BCUT2D eigenvalue weighted by Crippen LogP contribution is -2.09. The van der Waals surface area contributed by atoms with Crippen molar-refractivity contribution in [1.82, 2.24) is 0 Å². The molecule has 0 saturated carbocycles. The Bertz CT molecular complexity index is 413. The number of nitrogens with zero attached hydrogens (tertiary/aromatic N) is 1. The van der Waals surface area contributed by atoms with Crippen LogP contribution in [-0.4, -0.2) is 10.8 Å². The molecule has 0 atom stereocenters. The highest BCUT2D eigenvalue weighted by Crippen LogP contribution is 2.22. The van der Waals surface area contributed by atoms with Crippen molar-refractivity contribution in [2.45, 2.75) is 6.92 Å². The van der Waals surface area contributed by atoms with Gasteiger partial charge in [-0.05, 0) is 19.1 Å². The van der Waals surface area contributed by atoms with Gasteiger partial charge in [0.1, 0.15) is 5.69 Å². The summed E-state index contributed by atoms with van der Waals surface area (Å²) in [6, 6.07) is 5.99. The molecule has 0 spiro atoms. The predicted octanol–water partition coefficient (Wildman–Crippen LogP) is 2.11. The molecule has 0 aliphatic carbocycles. The second kappa shape index (κ2) is 4.90. The first kappa shape index (κ1) is 10.9. The second-order valence-corrected chi connectivity index (χ2v) is 2.76. The van der Waals surface area contributed by atoms with Gasteiger partial charge in [-0.1, -0.05) is 18.2 Å². The van der Waals surface area contributed by atoms with Crippen LogP contribution in [0, 0.1) is 10.1 Å². The Morgan fingerprint density at radius 1 is 1.47 bits per heavy atom. The molecule has 5 heteroatoms. The van der Waals surface area contributed by atoms with E-state index in [0.29, 0.717) is 0 Å². The average molecular weight is 206 g/mol. The molecule has 0 heterocycles. The number of nitro groups is 1. The topological polar surface area (TPSA) is 72.2 Å². The Labute approximate surface area is 86.6 Å². The van der Waals surface area contributed by atoms with Gasteiger partial charge in [0.15, 0.2) is 0 Å². The highest BCUT2D eigenvalue weighted by atomic mass is 16.6. The molecule has 0 aromatic heterocycles. The van der Waals surface area contributed by atoms with Crippen molar-refractivity contribution < 1.29 is 9.72 Å². The van der Waals surface area contributed by atoms with Crippen molar-refractivity contribution in [1.29, 1.82) is 0 Å². The summed E-state index contributed by atoms with van der Waals surface area (Å²) in [5.74, 6) is -0.383. The van der Waals surface area contributed by atoms with Gasteiger partial charge < -0.3 is 5.32 Å². The number of carbonyl (C=O) groups excluding carboxylic acids is 1. The second-order valence-electron chi connectivity index (χ2n) is 2.76. The Hall–Kier alpha value is -2.17. The van der Waals surface area contributed by atoms with E-state index in [1.807, 2.05) is 0 Å². The molecule has 15 heavy (non-hydrogen) atoms. The van der Waals surface area contributed by atoms with Crippen LogP contribution >= 0.6 is 0 Å². The van der Waals surface area contributed by atoms with Gasteiger partial charge in [-0.25, -0.2) is 0 Å². The summed E-state index contributed by atoms with van der Waals surface area (Å²) in [6.07, 6.45) is 2.86. The van der Waals surface area contributed by atoms with Gasteiger partial charge in [0, 0.05) is 6.07 Å². The summed E-state index contributed by atoms with van der Waals surface area (Å²) >= 11 is 0. The Morgan fingerprint density at radius 3 is 2.73 bits per heavy atom. The highest BCUT2D eigenvalue weighted by molar-refractivity contribution is 6.00. The zero-order chi connectivity index (χ0) is 11.3. The van der Waals surface area contributed by atoms with Crippen LogP contribution in [0.2, 0.25) is 0 Å². The lowest BCUT2D eigenvalue weighted by Gasteiger charge is -2.02. The lowest BCUT2D eigenvalue weighted by molar-refractivity contribution is -0.383. The number of anilines is 1. The van der Waals surface area contributed by atoms with E-state index >= 15 is 0 Å². The standard InChI is InChI=1S/C10H10N2O3/c1-2-5-10(13)11-8-6-3-4-7-9(8)12(14)15/h2-7H,1H3,(H,11,13). The summed E-state index contributed by atoms with van der Waals surface area (Å²) < 4.78 is 0. The molecule has 5 nitrogen and oxygen atoms in total. The lowest BCUT2D eigenvalue weighted by atomic mass is 10.2. The largest absolute Gasteiger partial charge is 0.317 e. The molecule has 1 aromatic rings. The fraction of sp³-hybridized carbons (Fsp3) is 0.100. The number of allylic oxidation sites excluding steroid dienone is 1. The van der Waals surface area contributed by atoms with Crippen LogP contribution in [0.4, 0.5) is 11.4 Å². The van der Waals surface area contributed by atoms with E-state index < -0.39 is 4.92 Å². The van der Waals surface area contributed by atoms with Crippen molar-refractivity contribution >= 4 is 17.3 Å². The number of hydrogen-bond acceptors (Lipinski definition) is 3. The fourth-order valence-electron chi connectivity index (χ4n) is 1.06. The number of rotatable bonds is 3. The van der Waals surface area contributed by atoms with Gasteiger partial charge in [-0.15, -0.1) is 0 Å². The Kier molecular flexibility index (Phi) is 3.56. The van der Waals surface area contributed by atoms with Crippen molar-refractivity contribution in [3.63, 3.8) is 0 Å². The maximum atomic E-state index is 11.2. The summed E-state index contributed by atoms with van der Waals surface area (Å²) in [6.45, 7) is 1.69. The summed E-state index contributed by atoms with van der Waals surface area (Å²) in [5, 5.41) is 13.0. The van der Waals surface area contributed by atoms with E-state index in [2.05, 4.69) is 5.32 Å². The smallest absolute Gasteiger partial charge is 0.292 e. The van der Waals surface area contributed by atoms with Crippen LogP contribution in [0.25, 0.3) is 0 Å². The molecule has 0 aliphatic rings. The molecule has 0 fully saturated rings. The number of carbonyl (C=O) groups is 1. The minimum atomic E-state index is -0.536. The van der Waals surface area contributed by atoms with E-state index in [9.17, 15) is 14.9 Å². The van der Waals surface area contributed by atoms with Crippen LogP contribution < -0.4 is 5.32 Å². The zero-order valence-corrected chi connectivity index (χ0v) is 8.14. The predicted molar refractivity (Wildman–Crippen MR) is 56.5 cm³/mol. The normalized spacial score (nSPS) is 10.2. The third-order valence-electron chi connectivity index (χ3n) is 1.68. The van der Waals surface area contributed by atoms with Crippen molar-refractivity contribution in [2.75, 3.05) is 5.32 Å². The van der Waals surface area contributed by atoms with Crippen molar-refractivity contribution in [3.05, 3.63) is 46.5 Å². The molecule has 0 bridgehead atoms. The first-order chi connectivity index (χ1) is 7.15. The summed E-state index contributed by atoms with van der Waals surface area (Å²) in [4.78, 5) is 21.2. The molecule has 1 N–H and O–H groups in total. The molecular formula is C10H10N2O3. The average Bonchev–Trinajstić information content (AvgIpc) is 2.18.